The molecule has 2 aromatic rings. The molecule has 7 heteroatoms. The summed E-state index contributed by atoms with van der Waals surface area (Å²) in [5.74, 6) is -0.484. The van der Waals surface area contributed by atoms with Crippen molar-refractivity contribution in [3.63, 3.8) is 0 Å². The van der Waals surface area contributed by atoms with Gasteiger partial charge < -0.3 is 11.1 Å². The highest BCUT2D eigenvalue weighted by Gasteiger charge is 2.07. The van der Waals surface area contributed by atoms with Crippen LogP contribution in [0.1, 0.15) is 5.56 Å². The minimum Gasteiger partial charge on any atom is -0.383 e. The van der Waals surface area contributed by atoms with Crippen LogP contribution in [0.15, 0.2) is 29.0 Å². The number of hydrogen-bond donors (Lipinski definition) is 2. The van der Waals surface area contributed by atoms with E-state index in [1.807, 2.05) is 0 Å². The highest BCUT2D eigenvalue weighted by molar-refractivity contribution is 9.10. The fourth-order valence-electron chi connectivity index (χ4n) is 1.35. The Morgan fingerprint density at radius 3 is 2.78 bits per heavy atom. The molecule has 0 radical (unpaired) electrons. The number of benzene rings is 1. The molecule has 0 amide bonds. The molecule has 3 N–H and O–H groups in total. The molecule has 0 aliphatic rings. The molecular weight excluding hydrogens is 306 g/mol. The highest BCUT2D eigenvalue weighted by atomic mass is 79.9. The van der Waals surface area contributed by atoms with Gasteiger partial charge in [-0.1, -0.05) is 6.07 Å². The minimum absolute atomic E-state index is 0.168. The van der Waals surface area contributed by atoms with Gasteiger partial charge in [-0.2, -0.15) is 0 Å². The van der Waals surface area contributed by atoms with Crippen LogP contribution in [0.2, 0.25) is 0 Å². The highest BCUT2D eigenvalue weighted by Crippen LogP contribution is 2.24. The number of nitrogens with one attached hydrogen (secondary N) is 1. The Labute approximate surface area is 110 Å². The summed E-state index contributed by atoms with van der Waals surface area (Å²) in [7, 11) is 0. The van der Waals surface area contributed by atoms with E-state index in [1.165, 1.54) is 18.5 Å². The van der Waals surface area contributed by atoms with Crippen molar-refractivity contribution < 1.29 is 8.78 Å². The van der Waals surface area contributed by atoms with Crippen LogP contribution in [0, 0.1) is 11.6 Å². The van der Waals surface area contributed by atoms with Gasteiger partial charge >= 0.3 is 0 Å². The fourth-order valence-corrected chi connectivity index (χ4v) is 1.70. The zero-order chi connectivity index (χ0) is 13.1. The molecule has 0 saturated heterocycles. The number of rotatable bonds is 3. The van der Waals surface area contributed by atoms with E-state index < -0.39 is 11.6 Å². The lowest BCUT2D eigenvalue weighted by Gasteiger charge is -2.09. The Hall–Kier alpha value is -1.76. The first-order chi connectivity index (χ1) is 8.58. The Bertz CT molecular complexity index is 577. The van der Waals surface area contributed by atoms with Gasteiger partial charge in [0.25, 0.3) is 0 Å². The monoisotopic (exact) mass is 314 g/mol. The molecule has 2 rings (SSSR count). The maximum Gasteiger partial charge on any atom is 0.146 e. The van der Waals surface area contributed by atoms with Crippen molar-refractivity contribution in [1.82, 2.24) is 9.97 Å². The van der Waals surface area contributed by atoms with Crippen molar-refractivity contribution in [3.05, 3.63) is 46.2 Å². The summed E-state index contributed by atoms with van der Waals surface area (Å²) in [5, 5.41) is 2.89. The molecule has 1 heterocycles. The summed E-state index contributed by atoms with van der Waals surface area (Å²) in [6.45, 7) is 0.168. The minimum atomic E-state index is -0.611. The van der Waals surface area contributed by atoms with Crippen LogP contribution in [0.4, 0.5) is 20.4 Å². The molecule has 1 aromatic carbocycles. The molecule has 0 spiro atoms. The van der Waals surface area contributed by atoms with Crippen molar-refractivity contribution in [2.24, 2.45) is 0 Å². The molecule has 0 aliphatic carbocycles. The van der Waals surface area contributed by atoms with Gasteiger partial charge in [0, 0.05) is 18.2 Å². The summed E-state index contributed by atoms with van der Waals surface area (Å²) in [4.78, 5) is 7.74. The molecule has 0 unspecified atom stereocenters. The second-order valence-electron chi connectivity index (χ2n) is 3.51. The van der Waals surface area contributed by atoms with Crippen molar-refractivity contribution >= 4 is 27.6 Å². The lowest BCUT2D eigenvalue weighted by atomic mass is 10.2. The van der Waals surface area contributed by atoms with Gasteiger partial charge in [0.15, 0.2) is 0 Å². The predicted molar refractivity (Wildman–Crippen MR) is 67.8 cm³/mol. The summed E-state index contributed by atoms with van der Waals surface area (Å²) in [6.07, 6.45) is 1.30. The van der Waals surface area contributed by atoms with E-state index >= 15 is 0 Å². The standard InChI is InChI=1S/C11H9BrF2N4/c12-9-10(15)17-5-18-11(9)16-4-6-1-2-7(13)3-8(6)14/h1-3,5H,4H2,(H3,15,16,17,18). The zero-order valence-electron chi connectivity index (χ0n) is 9.12. The molecular formula is C11H9BrF2N4. The first-order valence-corrected chi connectivity index (χ1v) is 5.81. The second-order valence-corrected chi connectivity index (χ2v) is 4.30. The maximum atomic E-state index is 13.4. The van der Waals surface area contributed by atoms with Crippen molar-refractivity contribution in [2.45, 2.75) is 6.54 Å². The first kappa shape index (κ1) is 12.7. The topological polar surface area (TPSA) is 63.8 Å². The van der Waals surface area contributed by atoms with Crippen LogP contribution in [-0.4, -0.2) is 9.97 Å². The third-order valence-corrected chi connectivity index (χ3v) is 3.06. The SMILES string of the molecule is Nc1ncnc(NCc2ccc(F)cc2F)c1Br. The number of nitrogen functional groups attached to an aromatic ring is 1. The summed E-state index contributed by atoms with van der Waals surface area (Å²) < 4.78 is 26.6. The molecule has 1 aromatic heterocycles. The molecule has 18 heavy (non-hydrogen) atoms. The van der Waals surface area contributed by atoms with Gasteiger partial charge in [-0.15, -0.1) is 0 Å². The van der Waals surface area contributed by atoms with E-state index in [4.69, 9.17) is 5.73 Å². The van der Waals surface area contributed by atoms with Crippen LogP contribution >= 0.6 is 15.9 Å². The van der Waals surface area contributed by atoms with Gasteiger partial charge in [-0.3, -0.25) is 0 Å². The van der Waals surface area contributed by atoms with Gasteiger partial charge in [-0.25, -0.2) is 18.7 Å². The lowest BCUT2D eigenvalue weighted by Crippen LogP contribution is -2.06. The van der Waals surface area contributed by atoms with Crippen LogP contribution in [0.5, 0.6) is 0 Å². The average molecular weight is 315 g/mol. The van der Waals surface area contributed by atoms with Gasteiger partial charge in [0.2, 0.25) is 0 Å². The largest absolute Gasteiger partial charge is 0.383 e. The van der Waals surface area contributed by atoms with Crippen molar-refractivity contribution in [3.8, 4) is 0 Å². The van der Waals surface area contributed by atoms with E-state index in [1.54, 1.807) is 0 Å². The van der Waals surface area contributed by atoms with Crippen LogP contribution in [0.25, 0.3) is 0 Å². The van der Waals surface area contributed by atoms with Crippen molar-refractivity contribution in [1.29, 1.82) is 0 Å². The van der Waals surface area contributed by atoms with E-state index in [9.17, 15) is 8.78 Å². The third-order valence-electron chi connectivity index (χ3n) is 2.28. The number of aromatic nitrogens is 2. The molecule has 0 aliphatic heterocycles. The quantitative estimate of drug-likeness (QED) is 0.914. The maximum absolute atomic E-state index is 13.4. The normalized spacial score (nSPS) is 10.4. The van der Waals surface area contributed by atoms with E-state index in [0.717, 1.165) is 6.07 Å². The fraction of sp³-hybridized carbons (Fsp3) is 0.0909. The number of hydrogen-bond acceptors (Lipinski definition) is 4. The molecule has 0 fully saturated rings. The van der Waals surface area contributed by atoms with Gasteiger partial charge in [-0.05, 0) is 22.0 Å². The Balaban J connectivity index is 2.14. The Kier molecular flexibility index (Phi) is 3.71. The molecule has 0 atom stereocenters. The summed E-state index contributed by atoms with van der Waals surface area (Å²) >= 11 is 3.22. The van der Waals surface area contributed by atoms with Crippen LogP contribution < -0.4 is 11.1 Å². The molecule has 0 bridgehead atoms. The third kappa shape index (κ3) is 2.73. The molecule has 0 saturated carbocycles. The Morgan fingerprint density at radius 1 is 1.28 bits per heavy atom. The Morgan fingerprint density at radius 2 is 2.06 bits per heavy atom. The number of anilines is 2. The van der Waals surface area contributed by atoms with Crippen LogP contribution in [0.3, 0.4) is 0 Å². The molecule has 94 valence electrons. The molecule has 4 nitrogen and oxygen atoms in total. The first-order valence-electron chi connectivity index (χ1n) is 5.01. The summed E-state index contributed by atoms with van der Waals surface area (Å²) in [6, 6.07) is 3.40. The second kappa shape index (κ2) is 5.26. The van der Waals surface area contributed by atoms with Gasteiger partial charge in [0.05, 0.1) is 0 Å². The van der Waals surface area contributed by atoms with Gasteiger partial charge in [0.1, 0.15) is 34.1 Å². The lowest BCUT2D eigenvalue weighted by molar-refractivity contribution is 0.574. The number of nitrogens with two attached hydrogens (primary N) is 1. The number of halogens is 3. The predicted octanol–water partition coefficient (Wildman–Crippen LogP) is 2.71. The summed E-state index contributed by atoms with van der Waals surface area (Å²) in [5.41, 5.74) is 5.91. The van der Waals surface area contributed by atoms with E-state index in [0.29, 0.717) is 15.9 Å². The van der Waals surface area contributed by atoms with E-state index in [2.05, 4.69) is 31.2 Å². The number of nitrogens with zero attached hydrogens (tertiary/aromatic N) is 2. The smallest absolute Gasteiger partial charge is 0.146 e. The zero-order valence-corrected chi connectivity index (χ0v) is 10.7. The van der Waals surface area contributed by atoms with Crippen LogP contribution in [-0.2, 0) is 6.54 Å². The average Bonchev–Trinajstić information content (AvgIpc) is 2.33. The van der Waals surface area contributed by atoms with Crippen molar-refractivity contribution in [2.75, 3.05) is 11.1 Å². The van der Waals surface area contributed by atoms with E-state index in [-0.39, 0.29) is 12.4 Å².